The Hall–Kier alpha value is -1.26. The minimum absolute atomic E-state index is 0.284. The molecule has 4 nitrogen and oxygen atoms in total. The van der Waals surface area contributed by atoms with Crippen molar-refractivity contribution in [2.24, 2.45) is 11.8 Å². The van der Waals surface area contributed by atoms with Crippen LogP contribution in [-0.2, 0) is 9.47 Å². The maximum absolute atomic E-state index is 6.07. The molecule has 2 saturated heterocycles. The second-order valence-electron chi connectivity index (χ2n) is 7.31. The summed E-state index contributed by atoms with van der Waals surface area (Å²) in [5, 5.41) is 0. The van der Waals surface area contributed by atoms with Gasteiger partial charge in [-0.25, -0.2) is 0 Å². The van der Waals surface area contributed by atoms with Crippen LogP contribution in [-0.4, -0.2) is 38.2 Å². The zero-order valence-electron chi connectivity index (χ0n) is 13.6. The molecule has 4 rings (SSSR count). The van der Waals surface area contributed by atoms with Gasteiger partial charge in [-0.05, 0) is 62.8 Å². The van der Waals surface area contributed by atoms with Crippen molar-refractivity contribution in [1.29, 1.82) is 0 Å². The molecule has 1 aromatic carbocycles. The van der Waals surface area contributed by atoms with Crippen molar-refractivity contribution >= 4 is 5.69 Å². The van der Waals surface area contributed by atoms with Gasteiger partial charge in [-0.1, -0.05) is 0 Å². The van der Waals surface area contributed by atoms with Crippen LogP contribution >= 0.6 is 0 Å². The summed E-state index contributed by atoms with van der Waals surface area (Å²) in [6.07, 6.45) is 2.83. The van der Waals surface area contributed by atoms with E-state index in [-0.39, 0.29) is 12.2 Å². The molecular weight excluding hydrogens is 278 g/mol. The van der Waals surface area contributed by atoms with Crippen LogP contribution in [0.15, 0.2) is 24.3 Å². The van der Waals surface area contributed by atoms with Gasteiger partial charge in [0.15, 0.2) is 5.79 Å². The molecule has 2 aliphatic heterocycles. The van der Waals surface area contributed by atoms with E-state index in [0.29, 0.717) is 0 Å². The highest BCUT2D eigenvalue weighted by molar-refractivity contribution is 5.50. The van der Waals surface area contributed by atoms with Gasteiger partial charge in [-0.3, -0.25) is 0 Å². The predicted octanol–water partition coefficient (Wildman–Crippen LogP) is 3.06. The number of rotatable bonds is 2. The zero-order chi connectivity index (χ0) is 15.3. The fourth-order valence-electron chi connectivity index (χ4n) is 4.38. The largest absolute Gasteiger partial charge is 0.497 e. The van der Waals surface area contributed by atoms with Crippen LogP contribution in [0.5, 0.6) is 5.75 Å². The SMILES string of the molecule is COc1ccc(N2C[C@H]3C[C@@H]4OC(C)(C)O[C@@H]4C[C@H]3C2)cc1. The number of hydrogen-bond acceptors (Lipinski definition) is 4. The highest BCUT2D eigenvalue weighted by Crippen LogP contribution is 2.45. The number of ether oxygens (including phenoxy) is 3. The molecule has 1 saturated carbocycles. The summed E-state index contributed by atoms with van der Waals surface area (Å²) in [5.74, 6) is 1.96. The van der Waals surface area contributed by atoms with Gasteiger partial charge in [0.1, 0.15) is 5.75 Å². The van der Waals surface area contributed by atoms with Crippen molar-refractivity contribution in [3.8, 4) is 5.75 Å². The third kappa shape index (κ3) is 2.48. The first-order valence-corrected chi connectivity index (χ1v) is 8.29. The molecule has 0 aromatic heterocycles. The van der Waals surface area contributed by atoms with Crippen LogP contribution in [0.3, 0.4) is 0 Å². The van der Waals surface area contributed by atoms with Gasteiger partial charge in [0.25, 0.3) is 0 Å². The highest BCUT2D eigenvalue weighted by Gasteiger charge is 2.50. The molecule has 4 heteroatoms. The van der Waals surface area contributed by atoms with E-state index in [2.05, 4.69) is 17.0 Å². The summed E-state index contributed by atoms with van der Waals surface area (Å²) in [6.45, 7) is 6.32. The Morgan fingerprint density at radius 3 is 2.05 bits per heavy atom. The highest BCUT2D eigenvalue weighted by atomic mass is 16.7. The van der Waals surface area contributed by atoms with Crippen molar-refractivity contribution in [3.05, 3.63) is 24.3 Å². The van der Waals surface area contributed by atoms with E-state index in [1.807, 2.05) is 26.0 Å². The number of methoxy groups -OCH3 is 1. The zero-order valence-corrected chi connectivity index (χ0v) is 13.6. The number of benzene rings is 1. The molecule has 1 aliphatic carbocycles. The molecule has 3 aliphatic rings. The topological polar surface area (TPSA) is 30.9 Å². The van der Waals surface area contributed by atoms with E-state index < -0.39 is 5.79 Å². The van der Waals surface area contributed by atoms with E-state index >= 15 is 0 Å². The smallest absolute Gasteiger partial charge is 0.163 e. The van der Waals surface area contributed by atoms with Crippen LogP contribution in [0.25, 0.3) is 0 Å². The van der Waals surface area contributed by atoms with Crippen molar-refractivity contribution in [2.75, 3.05) is 25.1 Å². The third-order valence-corrected chi connectivity index (χ3v) is 5.37. The van der Waals surface area contributed by atoms with Crippen molar-refractivity contribution in [1.82, 2.24) is 0 Å². The molecule has 1 aromatic rings. The van der Waals surface area contributed by atoms with Crippen LogP contribution in [0.4, 0.5) is 5.69 Å². The Labute approximate surface area is 132 Å². The van der Waals surface area contributed by atoms with Crippen LogP contribution in [0, 0.1) is 11.8 Å². The Balaban J connectivity index is 1.45. The number of anilines is 1. The summed E-state index contributed by atoms with van der Waals surface area (Å²) in [5.41, 5.74) is 1.29. The maximum atomic E-state index is 6.07. The second kappa shape index (κ2) is 5.14. The van der Waals surface area contributed by atoms with Crippen molar-refractivity contribution in [3.63, 3.8) is 0 Å². The molecule has 4 atom stereocenters. The van der Waals surface area contributed by atoms with Crippen LogP contribution < -0.4 is 9.64 Å². The predicted molar refractivity (Wildman–Crippen MR) is 85.2 cm³/mol. The lowest BCUT2D eigenvalue weighted by Gasteiger charge is -2.31. The van der Waals surface area contributed by atoms with E-state index in [4.69, 9.17) is 14.2 Å². The molecule has 0 unspecified atom stereocenters. The molecule has 3 fully saturated rings. The van der Waals surface area contributed by atoms with Gasteiger partial charge < -0.3 is 19.1 Å². The Morgan fingerprint density at radius 1 is 1.00 bits per heavy atom. The lowest BCUT2D eigenvalue weighted by atomic mass is 9.79. The molecule has 2 heterocycles. The lowest BCUT2D eigenvalue weighted by Crippen LogP contribution is -2.36. The van der Waals surface area contributed by atoms with Gasteiger partial charge in [0.2, 0.25) is 0 Å². The molecule has 0 amide bonds. The fourth-order valence-corrected chi connectivity index (χ4v) is 4.38. The monoisotopic (exact) mass is 303 g/mol. The Morgan fingerprint density at radius 2 is 1.55 bits per heavy atom. The normalized spacial score (nSPS) is 36.0. The van der Waals surface area contributed by atoms with Gasteiger partial charge in [0.05, 0.1) is 19.3 Å². The third-order valence-electron chi connectivity index (χ3n) is 5.37. The van der Waals surface area contributed by atoms with Gasteiger partial charge in [-0.15, -0.1) is 0 Å². The Kier molecular flexibility index (Phi) is 3.35. The molecule has 0 radical (unpaired) electrons. The molecule has 0 bridgehead atoms. The number of hydrogen-bond donors (Lipinski definition) is 0. The second-order valence-corrected chi connectivity index (χ2v) is 7.31. The summed E-state index contributed by atoms with van der Waals surface area (Å²) in [7, 11) is 1.71. The standard InChI is InChI=1S/C18H25NO3/c1-18(2)21-16-8-12-10-19(11-13(12)9-17(16)22-18)14-4-6-15(20-3)7-5-14/h4-7,12-13,16-17H,8-11H2,1-3H3/t12-,13+,16+,17-. The van der Waals surface area contributed by atoms with Crippen LogP contribution in [0.1, 0.15) is 26.7 Å². The summed E-state index contributed by atoms with van der Waals surface area (Å²) < 4.78 is 17.4. The van der Waals surface area contributed by atoms with Crippen molar-refractivity contribution < 1.29 is 14.2 Å². The van der Waals surface area contributed by atoms with Gasteiger partial charge >= 0.3 is 0 Å². The lowest BCUT2D eigenvalue weighted by molar-refractivity contribution is -0.145. The molecular formula is C18H25NO3. The summed E-state index contributed by atoms with van der Waals surface area (Å²) in [6, 6.07) is 8.40. The summed E-state index contributed by atoms with van der Waals surface area (Å²) in [4.78, 5) is 2.50. The average Bonchev–Trinajstić information content (AvgIpc) is 3.02. The number of nitrogens with zero attached hydrogens (tertiary/aromatic N) is 1. The molecule has 0 spiro atoms. The van der Waals surface area contributed by atoms with Gasteiger partial charge in [0, 0.05) is 18.8 Å². The Bertz CT molecular complexity index is 518. The fraction of sp³-hybridized carbons (Fsp3) is 0.667. The summed E-state index contributed by atoms with van der Waals surface area (Å²) >= 11 is 0. The first-order valence-electron chi connectivity index (χ1n) is 8.29. The number of fused-ring (bicyclic) bond motifs is 2. The van der Waals surface area contributed by atoms with E-state index in [0.717, 1.165) is 43.5 Å². The van der Waals surface area contributed by atoms with E-state index in [1.165, 1.54) is 5.69 Å². The van der Waals surface area contributed by atoms with E-state index in [1.54, 1.807) is 7.11 Å². The molecule has 120 valence electrons. The van der Waals surface area contributed by atoms with Crippen molar-refractivity contribution in [2.45, 2.75) is 44.7 Å². The average molecular weight is 303 g/mol. The van der Waals surface area contributed by atoms with Crippen LogP contribution in [0.2, 0.25) is 0 Å². The van der Waals surface area contributed by atoms with E-state index in [9.17, 15) is 0 Å². The quantitative estimate of drug-likeness (QED) is 0.840. The van der Waals surface area contributed by atoms with Gasteiger partial charge in [-0.2, -0.15) is 0 Å². The molecule has 0 N–H and O–H groups in total. The molecule has 22 heavy (non-hydrogen) atoms. The first-order chi connectivity index (χ1) is 10.5. The minimum Gasteiger partial charge on any atom is -0.497 e. The maximum Gasteiger partial charge on any atom is 0.163 e. The minimum atomic E-state index is -0.399. The first kappa shape index (κ1) is 14.3.